The number of aliphatic hydroxyl groups excluding tert-OH is 4. The Kier molecular flexibility index (Phi) is 5.77. The lowest BCUT2D eigenvalue weighted by Gasteiger charge is -2.45. The number of hydrogen-bond acceptors (Lipinski definition) is 6. The van der Waals surface area contributed by atoms with Crippen molar-refractivity contribution in [3.05, 3.63) is 0 Å². The Balaban J connectivity index is 1.50. The molecular formula is C17H30N2O5. The minimum atomic E-state index is -1.21. The predicted molar refractivity (Wildman–Crippen MR) is 87.1 cm³/mol. The van der Waals surface area contributed by atoms with Gasteiger partial charge in [-0.1, -0.05) is 6.42 Å². The highest BCUT2D eigenvalue weighted by Crippen LogP contribution is 2.30. The molecule has 4 N–H and O–H groups in total. The molecule has 2 heterocycles. The second kappa shape index (κ2) is 7.66. The van der Waals surface area contributed by atoms with Crippen molar-refractivity contribution >= 4 is 5.91 Å². The van der Waals surface area contributed by atoms with Gasteiger partial charge >= 0.3 is 0 Å². The molecule has 0 aromatic carbocycles. The molecule has 1 saturated carbocycles. The van der Waals surface area contributed by atoms with Gasteiger partial charge in [0.15, 0.2) is 0 Å². The van der Waals surface area contributed by atoms with Crippen LogP contribution in [0.3, 0.4) is 0 Å². The minimum absolute atomic E-state index is 0.245. The number of hydrogen-bond donors (Lipinski definition) is 4. The minimum Gasteiger partial charge on any atom is -0.395 e. The quantitative estimate of drug-likeness (QED) is 0.511. The molecule has 3 fully saturated rings. The van der Waals surface area contributed by atoms with Crippen LogP contribution in [0.1, 0.15) is 32.1 Å². The van der Waals surface area contributed by atoms with Crippen LogP contribution in [0.4, 0.5) is 0 Å². The molecule has 0 radical (unpaired) electrons. The second-order valence-electron chi connectivity index (χ2n) is 7.65. The molecule has 0 unspecified atom stereocenters. The van der Waals surface area contributed by atoms with Gasteiger partial charge in [0.1, 0.15) is 12.2 Å². The Morgan fingerprint density at radius 2 is 1.67 bits per heavy atom. The first kappa shape index (κ1) is 18.1. The first-order chi connectivity index (χ1) is 11.5. The van der Waals surface area contributed by atoms with Gasteiger partial charge in [-0.3, -0.25) is 9.69 Å². The van der Waals surface area contributed by atoms with Gasteiger partial charge in [-0.2, -0.15) is 0 Å². The number of piperidine rings is 2. The first-order valence-electron chi connectivity index (χ1n) is 9.19. The van der Waals surface area contributed by atoms with Crippen LogP contribution < -0.4 is 0 Å². The molecule has 4 atom stereocenters. The maximum atomic E-state index is 12.3. The Hall–Kier alpha value is -0.730. The van der Waals surface area contributed by atoms with Gasteiger partial charge in [0.25, 0.3) is 0 Å². The third kappa shape index (κ3) is 3.60. The summed E-state index contributed by atoms with van der Waals surface area (Å²) in [6, 6.07) is -0.543. The number of β-amino-alcohol motifs (C(OH)–C–C–N with tert-alkyl or cyclic N) is 1. The monoisotopic (exact) mass is 342 g/mol. The second-order valence-corrected chi connectivity index (χ2v) is 7.65. The molecule has 1 aliphatic carbocycles. The van der Waals surface area contributed by atoms with Crippen molar-refractivity contribution in [2.75, 3.05) is 32.8 Å². The summed E-state index contributed by atoms with van der Waals surface area (Å²) in [5, 5.41) is 39.2. The summed E-state index contributed by atoms with van der Waals surface area (Å²) >= 11 is 0. The molecule has 2 saturated heterocycles. The summed E-state index contributed by atoms with van der Waals surface area (Å²) in [4.78, 5) is 16.2. The summed E-state index contributed by atoms with van der Waals surface area (Å²) in [6.45, 7) is 2.21. The summed E-state index contributed by atoms with van der Waals surface area (Å²) < 4.78 is 0. The van der Waals surface area contributed by atoms with Gasteiger partial charge < -0.3 is 25.3 Å². The molecule has 24 heavy (non-hydrogen) atoms. The fraction of sp³-hybridized carbons (Fsp3) is 0.941. The number of amides is 1. The van der Waals surface area contributed by atoms with Crippen molar-refractivity contribution in [2.24, 2.45) is 11.8 Å². The van der Waals surface area contributed by atoms with Crippen molar-refractivity contribution in [1.82, 2.24) is 9.80 Å². The Labute approximate surface area is 142 Å². The number of likely N-dealkylation sites (tertiary alicyclic amines) is 2. The molecule has 0 spiro atoms. The molecule has 2 aliphatic heterocycles. The van der Waals surface area contributed by atoms with E-state index < -0.39 is 24.4 Å². The zero-order chi connectivity index (χ0) is 17.3. The molecule has 7 heteroatoms. The van der Waals surface area contributed by atoms with E-state index in [0.29, 0.717) is 18.4 Å². The lowest BCUT2D eigenvalue weighted by molar-refractivity contribution is -0.149. The van der Waals surface area contributed by atoms with E-state index in [9.17, 15) is 25.2 Å². The molecule has 0 bridgehead atoms. The normalized spacial score (nSPS) is 36.6. The molecule has 3 rings (SSSR count). The lowest BCUT2D eigenvalue weighted by Crippen LogP contribution is -2.63. The standard InChI is InChI=1S/C17H30N2O5/c20-10-13-15(22)16(23)14(21)9-19(13)8-11-4-6-18(7-5-11)17(24)12-2-1-3-12/h11-16,20-23H,1-10H2/t13-,14+,15-,16-/m1/s1. The zero-order valence-corrected chi connectivity index (χ0v) is 14.1. The summed E-state index contributed by atoms with van der Waals surface area (Å²) in [7, 11) is 0. The molecule has 7 nitrogen and oxygen atoms in total. The van der Waals surface area contributed by atoms with Gasteiger partial charge in [0, 0.05) is 32.1 Å². The SMILES string of the molecule is O=C(C1CCC1)N1CCC(CN2C[C@H](O)[C@@H](O)[C@H](O)[C@H]2CO)CC1. The van der Waals surface area contributed by atoms with E-state index in [1.165, 1.54) is 6.42 Å². The van der Waals surface area contributed by atoms with Crippen LogP contribution in [0.2, 0.25) is 0 Å². The van der Waals surface area contributed by atoms with E-state index in [1.807, 2.05) is 9.80 Å². The molecule has 0 aromatic heterocycles. The fourth-order valence-corrected chi connectivity index (χ4v) is 4.17. The Morgan fingerprint density at radius 1 is 1.00 bits per heavy atom. The van der Waals surface area contributed by atoms with E-state index >= 15 is 0 Å². The van der Waals surface area contributed by atoms with Crippen molar-refractivity contribution in [1.29, 1.82) is 0 Å². The maximum Gasteiger partial charge on any atom is 0.225 e. The van der Waals surface area contributed by atoms with Crippen LogP contribution >= 0.6 is 0 Å². The predicted octanol–water partition coefficient (Wildman–Crippen LogP) is -1.22. The fourth-order valence-electron chi connectivity index (χ4n) is 4.17. The van der Waals surface area contributed by atoms with Gasteiger partial charge in [-0.05, 0) is 31.6 Å². The van der Waals surface area contributed by atoms with Crippen molar-refractivity contribution in [3.8, 4) is 0 Å². The number of rotatable bonds is 4. The molecule has 1 amide bonds. The largest absolute Gasteiger partial charge is 0.395 e. The highest BCUT2D eigenvalue weighted by Gasteiger charge is 2.42. The molecule has 138 valence electrons. The van der Waals surface area contributed by atoms with Crippen LogP contribution in [0.15, 0.2) is 0 Å². The lowest BCUT2D eigenvalue weighted by atomic mass is 9.83. The third-order valence-corrected chi connectivity index (χ3v) is 6.09. The average molecular weight is 342 g/mol. The van der Waals surface area contributed by atoms with Crippen LogP contribution in [0.25, 0.3) is 0 Å². The van der Waals surface area contributed by atoms with E-state index in [2.05, 4.69) is 0 Å². The number of carbonyl (C=O) groups is 1. The summed E-state index contributed by atoms with van der Waals surface area (Å²) in [5.74, 6) is 0.924. The first-order valence-corrected chi connectivity index (χ1v) is 9.19. The molecular weight excluding hydrogens is 312 g/mol. The van der Waals surface area contributed by atoms with Gasteiger partial charge in [0.05, 0.1) is 18.8 Å². The average Bonchev–Trinajstić information content (AvgIpc) is 2.52. The van der Waals surface area contributed by atoms with Crippen LogP contribution in [0.5, 0.6) is 0 Å². The smallest absolute Gasteiger partial charge is 0.225 e. The van der Waals surface area contributed by atoms with Gasteiger partial charge in [-0.25, -0.2) is 0 Å². The Morgan fingerprint density at radius 3 is 2.21 bits per heavy atom. The molecule has 0 aromatic rings. The number of aliphatic hydroxyl groups is 4. The highest BCUT2D eigenvalue weighted by molar-refractivity contribution is 5.79. The number of nitrogens with zero attached hydrogens (tertiary/aromatic N) is 2. The van der Waals surface area contributed by atoms with Crippen LogP contribution in [0, 0.1) is 11.8 Å². The Bertz CT molecular complexity index is 437. The van der Waals surface area contributed by atoms with E-state index in [0.717, 1.165) is 38.8 Å². The van der Waals surface area contributed by atoms with E-state index in [1.54, 1.807) is 0 Å². The van der Waals surface area contributed by atoms with Crippen molar-refractivity contribution in [2.45, 2.75) is 56.5 Å². The van der Waals surface area contributed by atoms with Crippen molar-refractivity contribution < 1.29 is 25.2 Å². The van der Waals surface area contributed by atoms with E-state index in [4.69, 9.17) is 0 Å². The summed E-state index contributed by atoms with van der Waals surface area (Å²) in [5.41, 5.74) is 0. The van der Waals surface area contributed by atoms with Crippen molar-refractivity contribution in [3.63, 3.8) is 0 Å². The topological polar surface area (TPSA) is 104 Å². The van der Waals surface area contributed by atoms with Gasteiger partial charge in [-0.15, -0.1) is 0 Å². The van der Waals surface area contributed by atoms with Crippen LogP contribution in [-0.4, -0.2) is 93.3 Å². The zero-order valence-electron chi connectivity index (χ0n) is 14.1. The number of carbonyl (C=O) groups excluding carboxylic acids is 1. The van der Waals surface area contributed by atoms with Crippen LogP contribution in [-0.2, 0) is 4.79 Å². The third-order valence-electron chi connectivity index (χ3n) is 6.09. The summed E-state index contributed by atoms with van der Waals surface area (Å²) in [6.07, 6.45) is 1.69. The van der Waals surface area contributed by atoms with E-state index in [-0.39, 0.29) is 19.1 Å². The van der Waals surface area contributed by atoms with Gasteiger partial charge in [0.2, 0.25) is 5.91 Å². The molecule has 3 aliphatic rings. The highest BCUT2D eigenvalue weighted by atomic mass is 16.4. The maximum absolute atomic E-state index is 12.3.